The van der Waals surface area contributed by atoms with Gasteiger partial charge in [0, 0.05) is 27.6 Å². The molecular formula is C11H11BrClN3. The molecule has 0 bridgehead atoms. The maximum absolute atomic E-state index is 8.61. The third kappa shape index (κ3) is 2.38. The van der Waals surface area contributed by atoms with E-state index in [0.29, 0.717) is 6.42 Å². The van der Waals surface area contributed by atoms with Crippen LogP contribution in [-0.2, 0) is 0 Å². The highest BCUT2D eigenvalue weighted by molar-refractivity contribution is 9.10. The van der Waals surface area contributed by atoms with Gasteiger partial charge in [-0.15, -0.1) is 12.4 Å². The number of nitrogens with two attached hydrogens (primary N) is 1. The molecule has 3 nitrogen and oxygen atoms in total. The Morgan fingerprint density at radius 2 is 2.25 bits per heavy atom. The van der Waals surface area contributed by atoms with Crippen molar-refractivity contribution in [2.75, 3.05) is 0 Å². The van der Waals surface area contributed by atoms with E-state index in [1.54, 1.807) is 0 Å². The van der Waals surface area contributed by atoms with E-state index in [4.69, 9.17) is 11.0 Å². The van der Waals surface area contributed by atoms with Gasteiger partial charge in [0.05, 0.1) is 12.5 Å². The predicted molar refractivity (Wildman–Crippen MR) is 70.4 cm³/mol. The molecule has 0 aliphatic carbocycles. The molecule has 0 saturated heterocycles. The largest absolute Gasteiger partial charge is 0.361 e. The molecule has 84 valence electrons. The lowest BCUT2D eigenvalue weighted by molar-refractivity contribution is 0.755. The smallest absolute Gasteiger partial charge is 0.0641 e. The van der Waals surface area contributed by atoms with Crippen molar-refractivity contribution in [3.05, 3.63) is 34.4 Å². The van der Waals surface area contributed by atoms with Crippen molar-refractivity contribution in [2.24, 2.45) is 5.73 Å². The normalized spacial score (nSPS) is 11.8. The van der Waals surface area contributed by atoms with Gasteiger partial charge in [0.15, 0.2) is 0 Å². The van der Waals surface area contributed by atoms with Crippen LogP contribution in [0.5, 0.6) is 0 Å². The van der Waals surface area contributed by atoms with Crippen LogP contribution < -0.4 is 5.73 Å². The van der Waals surface area contributed by atoms with Crippen LogP contribution in [0.3, 0.4) is 0 Å². The van der Waals surface area contributed by atoms with Gasteiger partial charge in [0.2, 0.25) is 0 Å². The molecule has 1 atom stereocenters. The van der Waals surface area contributed by atoms with Gasteiger partial charge in [-0.05, 0) is 23.8 Å². The van der Waals surface area contributed by atoms with Crippen molar-refractivity contribution < 1.29 is 0 Å². The standard InChI is InChI=1S/C11H10BrN3.ClH/c12-7-1-2-11-8(5-7)9(6-15-11)10(14)3-4-13;/h1-2,5-6,10,15H,3,14H2;1H/t10-;/m0./s1. The second kappa shape index (κ2) is 5.35. The maximum atomic E-state index is 8.61. The van der Waals surface area contributed by atoms with Crippen molar-refractivity contribution in [2.45, 2.75) is 12.5 Å². The predicted octanol–water partition coefficient (Wildman–Crippen LogP) is 3.27. The quantitative estimate of drug-likeness (QED) is 0.894. The van der Waals surface area contributed by atoms with E-state index in [1.165, 1.54) is 0 Å². The molecule has 0 radical (unpaired) electrons. The van der Waals surface area contributed by atoms with Crippen LogP contribution >= 0.6 is 28.3 Å². The molecule has 16 heavy (non-hydrogen) atoms. The molecule has 0 unspecified atom stereocenters. The number of nitrogens with one attached hydrogen (secondary N) is 1. The summed E-state index contributed by atoms with van der Waals surface area (Å²) in [4.78, 5) is 3.14. The molecule has 0 aliphatic heterocycles. The Labute approximate surface area is 108 Å². The number of aromatic nitrogens is 1. The molecule has 1 heterocycles. The molecule has 0 amide bonds. The maximum Gasteiger partial charge on any atom is 0.0641 e. The molecule has 5 heteroatoms. The molecule has 0 fully saturated rings. The Bertz CT molecular complexity index is 529. The fourth-order valence-electron chi connectivity index (χ4n) is 1.63. The van der Waals surface area contributed by atoms with Crippen molar-refractivity contribution in [3.63, 3.8) is 0 Å². The number of hydrogen-bond donors (Lipinski definition) is 2. The molecule has 3 N–H and O–H groups in total. The van der Waals surface area contributed by atoms with Crippen molar-refractivity contribution in [3.8, 4) is 6.07 Å². The molecule has 1 aromatic heterocycles. The zero-order valence-corrected chi connectivity index (χ0v) is 10.8. The van der Waals surface area contributed by atoms with Gasteiger partial charge < -0.3 is 10.7 Å². The van der Waals surface area contributed by atoms with E-state index < -0.39 is 0 Å². The fourth-order valence-corrected chi connectivity index (χ4v) is 1.99. The molecule has 2 aromatic rings. The van der Waals surface area contributed by atoms with Crippen molar-refractivity contribution in [1.82, 2.24) is 4.98 Å². The van der Waals surface area contributed by atoms with E-state index in [2.05, 4.69) is 27.0 Å². The third-order valence-corrected chi connectivity index (χ3v) is 2.88. The number of fused-ring (bicyclic) bond motifs is 1. The van der Waals surface area contributed by atoms with E-state index in [0.717, 1.165) is 20.9 Å². The van der Waals surface area contributed by atoms with Gasteiger partial charge >= 0.3 is 0 Å². The van der Waals surface area contributed by atoms with E-state index in [-0.39, 0.29) is 18.4 Å². The summed E-state index contributed by atoms with van der Waals surface area (Å²) in [5.41, 5.74) is 7.94. The summed E-state index contributed by atoms with van der Waals surface area (Å²) >= 11 is 3.42. The minimum atomic E-state index is -0.224. The highest BCUT2D eigenvalue weighted by Gasteiger charge is 2.11. The lowest BCUT2D eigenvalue weighted by atomic mass is 10.0. The Hall–Kier alpha value is -1.02. The summed E-state index contributed by atoms with van der Waals surface area (Å²) in [6.07, 6.45) is 2.21. The lowest BCUT2D eigenvalue weighted by Crippen LogP contribution is -2.08. The monoisotopic (exact) mass is 299 g/mol. The van der Waals surface area contributed by atoms with Crippen LogP contribution in [0.25, 0.3) is 10.9 Å². The summed E-state index contributed by atoms with van der Waals surface area (Å²) in [6, 6.07) is 7.83. The average molecular weight is 301 g/mol. The first-order valence-corrected chi connectivity index (χ1v) is 5.40. The summed E-state index contributed by atoms with van der Waals surface area (Å²) in [7, 11) is 0. The van der Waals surface area contributed by atoms with Crippen molar-refractivity contribution in [1.29, 1.82) is 5.26 Å². The number of hydrogen-bond acceptors (Lipinski definition) is 2. The minimum absolute atomic E-state index is 0. The van der Waals surface area contributed by atoms with Crippen LogP contribution in [0.2, 0.25) is 0 Å². The number of benzene rings is 1. The van der Waals surface area contributed by atoms with Gasteiger partial charge in [0.1, 0.15) is 0 Å². The Morgan fingerprint density at radius 3 is 2.94 bits per heavy atom. The van der Waals surface area contributed by atoms with Gasteiger partial charge in [-0.2, -0.15) is 5.26 Å². The number of rotatable bonds is 2. The first-order valence-electron chi connectivity index (χ1n) is 4.61. The third-order valence-electron chi connectivity index (χ3n) is 2.39. The fraction of sp³-hybridized carbons (Fsp3) is 0.182. The highest BCUT2D eigenvalue weighted by Crippen LogP contribution is 2.27. The minimum Gasteiger partial charge on any atom is -0.361 e. The van der Waals surface area contributed by atoms with Crippen LogP contribution in [0.1, 0.15) is 18.0 Å². The van der Waals surface area contributed by atoms with Gasteiger partial charge in [-0.25, -0.2) is 0 Å². The van der Waals surface area contributed by atoms with E-state index in [1.807, 2.05) is 24.4 Å². The zero-order valence-electron chi connectivity index (χ0n) is 8.40. The molecule has 1 aromatic carbocycles. The van der Waals surface area contributed by atoms with Gasteiger partial charge in [0.25, 0.3) is 0 Å². The molecular weight excluding hydrogens is 289 g/mol. The van der Waals surface area contributed by atoms with Gasteiger partial charge in [-0.1, -0.05) is 15.9 Å². The Morgan fingerprint density at radius 1 is 1.50 bits per heavy atom. The average Bonchev–Trinajstić information content (AvgIpc) is 2.60. The second-order valence-electron chi connectivity index (χ2n) is 3.40. The lowest BCUT2D eigenvalue weighted by Gasteiger charge is -2.05. The number of aromatic amines is 1. The summed E-state index contributed by atoms with van der Waals surface area (Å²) < 4.78 is 1.01. The van der Waals surface area contributed by atoms with E-state index >= 15 is 0 Å². The Kier molecular flexibility index (Phi) is 4.36. The number of H-pyrrole nitrogens is 1. The first kappa shape index (κ1) is 13.0. The summed E-state index contributed by atoms with van der Waals surface area (Å²) in [5, 5.41) is 9.69. The number of nitrogens with zero attached hydrogens (tertiary/aromatic N) is 1. The zero-order chi connectivity index (χ0) is 10.8. The van der Waals surface area contributed by atoms with E-state index in [9.17, 15) is 0 Å². The number of nitriles is 1. The van der Waals surface area contributed by atoms with Crippen LogP contribution in [-0.4, -0.2) is 4.98 Å². The summed E-state index contributed by atoms with van der Waals surface area (Å²) in [5.74, 6) is 0. The van der Waals surface area contributed by atoms with Crippen LogP contribution in [0.4, 0.5) is 0 Å². The highest BCUT2D eigenvalue weighted by atomic mass is 79.9. The Balaban J connectivity index is 0.00000128. The number of halogens is 2. The molecule has 2 rings (SSSR count). The molecule has 0 saturated carbocycles. The van der Waals surface area contributed by atoms with Crippen LogP contribution in [0, 0.1) is 11.3 Å². The van der Waals surface area contributed by atoms with Gasteiger partial charge in [-0.3, -0.25) is 0 Å². The van der Waals surface area contributed by atoms with Crippen molar-refractivity contribution >= 4 is 39.2 Å². The second-order valence-corrected chi connectivity index (χ2v) is 4.32. The first-order chi connectivity index (χ1) is 7.22. The molecule has 0 aliphatic rings. The van der Waals surface area contributed by atoms with Crippen LogP contribution in [0.15, 0.2) is 28.9 Å². The topological polar surface area (TPSA) is 65.6 Å². The SMILES string of the molecule is Cl.N#CC[C@H](N)c1c[nH]c2ccc(Br)cc12. The molecule has 0 spiro atoms. The summed E-state index contributed by atoms with van der Waals surface area (Å²) in [6.45, 7) is 0.